The monoisotopic (exact) mass is 376 g/mol. The van der Waals surface area contributed by atoms with E-state index in [1.54, 1.807) is 12.4 Å². The van der Waals surface area contributed by atoms with Crippen molar-refractivity contribution in [3.63, 3.8) is 0 Å². The van der Waals surface area contributed by atoms with E-state index in [9.17, 15) is 4.79 Å². The van der Waals surface area contributed by atoms with Gasteiger partial charge in [-0.15, -0.1) is 23.2 Å². The lowest BCUT2D eigenvalue weighted by molar-refractivity contribution is -0.137. The maximum Gasteiger partial charge on any atom is 0.232 e. The molecule has 0 bridgehead atoms. The van der Waals surface area contributed by atoms with E-state index in [-0.39, 0.29) is 5.91 Å². The van der Waals surface area contributed by atoms with Gasteiger partial charge in [0.2, 0.25) is 5.91 Å². The maximum atomic E-state index is 13.1. The highest BCUT2D eigenvalue weighted by Gasteiger charge is 2.68. The number of rotatable bonds is 6. The predicted octanol–water partition coefficient (Wildman–Crippen LogP) is 4.76. The largest absolute Gasteiger partial charge is 0.333 e. The van der Waals surface area contributed by atoms with E-state index in [0.717, 1.165) is 17.5 Å². The molecule has 0 spiro atoms. The number of alkyl halides is 2. The third kappa shape index (κ3) is 3.83. The van der Waals surface area contributed by atoms with Crippen LogP contribution in [0.4, 0.5) is 0 Å². The van der Waals surface area contributed by atoms with E-state index >= 15 is 0 Å². The Morgan fingerprint density at radius 2 is 1.72 bits per heavy atom. The number of carbonyl (C=O) groups is 1. The molecule has 0 saturated heterocycles. The Morgan fingerprint density at radius 3 is 2.24 bits per heavy atom. The SMILES string of the molecule is CCc1ccc(CN(Cc2cccnc2)C(=O)C2(C)CC2(Cl)Cl)cc1. The predicted molar refractivity (Wildman–Crippen MR) is 101 cm³/mol. The fourth-order valence-corrected chi connectivity index (χ4v) is 3.69. The first-order valence-electron chi connectivity index (χ1n) is 8.49. The Bertz CT molecular complexity index is 746. The summed E-state index contributed by atoms with van der Waals surface area (Å²) in [6.45, 7) is 4.98. The van der Waals surface area contributed by atoms with Crippen molar-refractivity contribution < 1.29 is 4.79 Å². The van der Waals surface area contributed by atoms with Gasteiger partial charge in [0, 0.05) is 25.5 Å². The molecule has 5 heteroatoms. The molecular weight excluding hydrogens is 355 g/mol. The van der Waals surface area contributed by atoms with Gasteiger partial charge in [0.1, 0.15) is 4.33 Å². The lowest BCUT2D eigenvalue weighted by Crippen LogP contribution is -2.37. The molecule has 1 saturated carbocycles. The fourth-order valence-electron chi connectivity index (χ4n) is 2.99. The van der Waals surface area contributed by atoms with Crippen LogP contribution in [0, 0.1) is 5.41 Å². The van der Waals surface area contributed by atoms with Gasteiger partial charge >= 0.3 is 0 Å². The van der Waals surface area contributed by atoms with Crippen LogP contribution in [-0.2, 0) is 24.3 Å². The molecule has 0 aliphatic heterocycles. The van der Waals surface area contributed by atoms with Crippen LogP contribution in [0.15, 0.2) is 48.8 Å². The zero-order valence-electron chi connectivity index (χ0n) is 14.5. The normalized spacial score (nSPS) is 21.0. The Labute approximate surface area is 159 Å². The molecule has 25 heavy (non-hydrogen) atoms. The smallest absolute Gasteiger partial charge is 0.232 e. The highest BCUT2D eigenvalue weighted by atomic mass is 35.5. The van der Waals surface area contributed by atoms with Crippen molar-refractivity contribution in [3.8, 4) is 0 Å². The summed E-state index contributed by atoms with van der Waals surface area (Å²) in [4.78, 5) is 19.1. The van der Waals surface area contributed by atoms with Gasteiger partial charge < -0.3 is 4.90 Å². The average Bonchev–Trinajstić information content (AvgIpc) is 3.14. The minimum Gasteiger partial charge on any atom is -0.333 e. The average molecular weight is 377 g/mol. The van der Waals surface area contributed by atoms with Crippen LogP contribution in [0.25, 0.3) is 0 Å². The summed E-state index contributed by atoms with van der Waals surface area (Å²) in [5.41, 5.74) is 2.64. The topological polar surface area (TPSA) is 33.2 Å². The molecular formula is C20H22Cl2N2O. The molecule has 0 N–H and O–H groups in total. The van der Waals surface area contributed by atoms with Crippen LogP contribution in [0.2, 0.25) is 0 Å². The molecule has 1 atom stereocenters. The van der Waals surface area contributed by atoms with Gasteiger partial charge in [-0.1, -0.05) is 37.3 Å². The van der Waals surface area contributed by atoms with Gasteiger partial charge in [-0.05, 0) is 42.5 Å². The van der Waals surface area contributed by atoms with Gasteiger partial charge in [0.25, 0.3) is 0 Å². The number of amides is 1. The number of aryl methyl sites for hydroxylation is 1. The standard InChI is InChI=1S/C20H22Cl2N2O/c1-3-15-6-8-16(9-7-15)12-24(13-17-5-4-10-23-11-17)18(25)19(2)14-20(19,21)22/h4-11H,3,12-14H2,1-2H3. The quantitative estimate of drug-likeness (QED) is 0.681. The molecule has 1 unspecified atom stereocenters. The van der Waals surface area contributed by atoms with E-state index in [2.05, 4.69) is 36.2 Å². The van der Waals surface area contributed by atoms with Crippen molar-refractivity contribution in [2.45, 2.75) is 44.1 Å². The van der Waals surface area contributed by atoms with Gasteiger partial charge in [-0.25, -0.2) is 0 Å². The Kier molecular flexibility index (Phi) is 5.08. The van der Waals surface area contributed by atoms with Crippen LogP contribution in [0.3, 0.4) is 0 Å². The van der Waals surface area contributed by atoms with Gasteiger partial charge in [0.15, 0.2) is 0 Å². The summed E-state index contributed by atoms with van der Waals surface area (Å²) in [5.74, 6) is -0.0130. The van der Waals surface area contributed by atoms with Gasteiger partial charge in [-0.2, -0.15) is 0 Å². The first-order chi connectivity index (χ1) is 11.9. The molecule has 2 aromatic rings. The lowest BCUT2D eigenvalue weighted by Gasteiger charge is -2.27. The zero-order valence-corrected chi connectivity index (χ0v) is 16.0. The molecule has 132 valence electrons. The third-order valence-electron chi connectivity index (χ3n) is 4.92. The first-order valence-corrected chi connectivity index (χ1v) is 9.25. The Balaban J connectivity index is 1.82. The summed E-state index contributed by atoms with van der Waals surface area (Å²) < 4.78 is -0.969. The fraction of sp³-hybridized carbons (Fsp3) is 0.400. The van der Waals surface area contributed by atoms with Crippen LogP contribution < -0.4 is 0 Å². The van der Waals surface area contributed by atoms with Crippen molar-refractivity contribution in [1.82, 2.24) is 9.88 Å². The van der Waals surface area contributed by atoms with Crippen molar-refractivity contribution in [2.75, 3.05) is 0 Å². The van der Waals surface area contributed by atoms with E-state index in [1.165, 1.54) is 5.56 Å². The number of aromatic nitrogens is 1. The molecule has 1 aliphatic rings. The van der Waals surface area contributed by atoms with Crippen LogP contribution in [0.5, 0.6) is 0 Å². The van der Waals surface area contributed by atoms with Crippen LogP contribution >= 0.6 is 23.2 Å². The summed E-state index contributed by atoms with van der Waals surface area (Å²) in [7, 11) is 0. The zero-order chi connectivity index (χ0) is 18.1. The summed E-state index contributed by atoms with van der Waals surface area (Å²) in [6, 6.07) is 12.2. The minimum atomic E-state index is -0.969. The Hall–Kier alpha value is -1.58. The highest BCUT2D eigenvalue weighted by Crippen LogP contribution is 2.64. The highest BCUT2D eigenvalue weighted by molar-refractivity contribution is 6.53. The molecule has 3 nitrogen and oxygen atoms in total. The van der Waals surface area contributed by atoms with E-state index in [4.69, 9.17) is 23.2 Å². The first kappa shape index (κ1) is 18.2. The van der Waals surface area contributed by atoms with Gasteiger partial charge in [0.05, 0.1) is 5.41 Å². The number of carbonyl (C=O) groups excluding carboxylic acids is 1. The number of nitrogens with zero attached hydrogens (tertiary/aromatic N) is 2. The molecule has 1 aliphatic carbocycles. The molecule has 1 aromatic carbocycles. The van der Waals surface area contributed by atoms with E-state index in [1.807, 2.05) is 24.0 Å². The lowest BCUT2D eigenvalue weighted by atomic mass is 10.1. The van der Waals surface area contributed by atoms with E-state index in [0.29, 0.717) is 19.5 Å². The molecule has 0 radical (unpaired) electrons. The number of hydrogen-bond acceptors (Lipinski definition) is 2. The summed E-state index contributed by atoms with van der Waals surface area (Å²) >= 11 is 12.5. The van der Waals surface area contributed by atoms with Crippen LogP contribution in [-0.4, -0.2) is 20.1 Å². The van der Waals surface area contributed by atoms with Crippen molar-refractivity contribution in [1.29, 1.82) is 0 Å². The second-order valence-electron chi connectivity index (χ2n) is 6.91. The number of pyridine rings is 1. The summed E-state index contributed by atoms with van der Waals surface area (Å²) in [5, 5.41) is 0. The number of benzene rings is 1. The maximum absolute atomic E-state index is 13.1. The summed E-state index contributed by atoms with van der Waals surface area (Å²) in [6.07, 6.45) is 4.99. The van der Waals surface area contributed by atoms with Crippen molar-refractivity contribution in [3.05, 3.63) is 65.5 Å². The molecule has 1 amide bonds. The Morgan fingerprint density at radius 1 is 1.12 bits per heavy atom. The minimum absolute atomic E-state index is 0.0130. The number of hydrogen-bond donors (Lipinski definition) is 0. The van der Waals surface area contributed by atoms with Crippen LogP contribution in [0.1, 0.15) is 37.0 Å². The third-order valence-corrected chi connectivity index (χ3v) is 6.02. The molecule has 3 rings (SSSR count). The molecule has 1 fully saturated rings. The van der Waals surface area contributed by atoms with Crippen molar-refractivity contribution in [2.24, 2.45) is 5.41 Å². The van der Waals surface area contributed by atoms with E-state index < -0.39 is 9.75 Å². The molecule has 1 aromatic heterocycles. The van der Waals surface area contributed by atoms with Crippen molar-refractivity contribution >= 4 is 29.1 Å². The second kappa shape index (κ2) is 6.97. The number of halogens is 2. The molecule has 1 heterocycles. The second-order valence-corrected chi connectivity index (χ2v) is 8.39. The van der Waals surface area contributed by atoms with Gasteiger partial charge in [-0.3, -0.25) is 9.78 Å².